The van der Waals surface area contributed by atoms with Crippen LogP contribution in [0, 0.1) is 6.92 Å². The molecule has 1 aromatic heterocycles. The number of hydrogen-bond acceptors (Lipinski definition) is 6. The van der Waals surface area contributed by atoms with Gasteiger partial charge in [-0.3, -0.25) is 4.79 Å². The summed E-state index contributed by atoms with van der Waals surface area (Å²) >= 11 is 12.7. The van der Waals surface area contributed by atoms with Gasteiger partial charge in [-0.1, -0.05) is 35.3 Å². The van der Waals surface area contributed by atoms with Gasteiger partial charge < -0.3 is 19.7 Å². The summed E-state index contributed by atoms with van der Waals surface area (Å²) in [5, 5.41) is 3.91. The standard InChI is InChI=1S/C24H28Cl2N4O3/c1-15-20(17-4-2-5-18(25)19(17)26)29-21(23(31)28-16-6-13-32-14-16)22(27-15)30-10-8-24(9-11-30)7-3-12-33-24/h2,4-5,16H,3,6-14H2,1H3,(H,28,31). The van der Waals surface area contributed by atoms with Crippen molar-refractivity contribution in [3.8, 4) is 11.3 Å². The van der Waals surface area contributed by atoms with Crippen LogP contribution in [0.25, 0.3) is 11.3 Å². The topological polar surface area (TPSA) is 76.6 Å². The number of rotatable bonds is 4. The maximum Gasteiger partial charge on any atom is 0.274 e. The zero-order chi connectivity index (χ0) is 23.0. The monoisotopic (exact) mass is 490 g/mol. The van der Waals surface area contributed by atoms with E-state index in [9.17, 15) is 4.79 Å². The number of aryl methyl sites for hydroxylation is 1. The summed E-state index contributed by atoms with van der Waals surface area (Å²) in [5.41, 5.74) is 2.22. The van der Waals surface area contributed by atoms with E-state index in [0.29, 0.717) is 51.7 Å². The Bertz CT molecular complexity index is 1040. The average Bonchev–Trinajstić information content (AvgIpc) is 3.49. The maximum atomic E-state index is 13.4. The number of benzene rings is 1. The molecule has 4 heterocycles. The van der Waals surface area contributed by atoms with E-state index in [-0.39, 0.29) is 17.6 Å². The lowest BCUT2D eigenvalue weighted by atomic mass is 9.88. The summed E-state index contributed by atoms with van der Waals surface area (Å²) < 4.78 is 11.5. The molecular weight excluding hydrogens is 463 g/mol. The van der Waals surface area contributed by atoms with Crippen LogP contribution in [0.4, 0.5) is 5.82 Å². The SMILES string of the molecule is Cc1nc(N2CCC3(CCCO3)CC2)c(C(=O)NC2CCOC2)nc1-c1cccc(Cl)c1Cl. The number of hydrogen-bond donors (Lipinski definition) is 1. The molecule has 5 rings (SSSR count). The van der Waals surface area contributed by atoms with Gasteiger partial charge in [0.2, 0.25) is 0 Å². The van der Waals surface area contributed by atoms with Crippen molar-refractivity contribution >= 4 is 34.9 Å². The first-order valence-electron chi connectivity index (χ1n) is 11.6. The molecule has 33 heavy (non-hydrogen) atoms. The van der Waals surface area contributed by atoms with Crippen molar-refractivity contribution in [3.63, 3.8) is 0 Å². The van der Waals surface area contributed by atoms with Gasteiger partial charge in [0.1, 0.15) is 0 Å². The molecule has 2 aromatic rings. The Balaban J connectivity index is 1.51. The van der Waals surface area contributed by atoms with Crippen LogP contribution >= 0.6 is 23.2 Å². The Morgan fingerprint density at radius 2 is 2.00 bits per heavy atom. The fraction of sp³-hybridized carbons (Fsp3) is 0.542. The number of piperidine rings is 1. The second-order valence-electron chi connectivity index (χ2n) is 9.09. The number of nitrogens with zero attached hydrogens (tertiary/aromatic N) is 3. The molecule has 1 amide bonds. The highest BCUT2D eigenvalue weighted by Crippen LogP contribution is 2.38. The smallest absolute Gasteiger partial charge is 0.274 e. The van der Waals surface area contributed by atoms with Crippen molar-refractivity contribution in [2.45, 2.75) is 50.7 Å². The van der Waals surface area contributed by atoms with Crippen LogP contribution in [-0.2, 0) is 9.47 Å². The fourth-order valence-electron chi connectivity index (χ4n) is 5.00. The number of carbonyl (C=O) groups excluding carboxylic acids is 1. The fourth-order valence-corrected chi connectivity index (χ4v) is 5.39. The molecule has 1 spiro atoms. The van der Waals surface area contributed by atoms with Crippen LogP contribution in [0.15, 0.2) is 18.2 Å². The Morgan fingerprint density at radius 3 is 2.70 bits per heavy atom. The number of amides is 1. The molecule has 0 aliphatic carbocycles. The zero-order valence-corrected chi connectivity index (χ0v) is 20.2. The van der Waals surface area contributed by atoms with Crippen molar-refractivity contribution in [2.75, 3.05) is 37.8 Å². The van der Waals surface area contributed by atoms with E-state index in [1.807, 2.05) is 19.1 Å². The number of nitrogens with one attached hydrogen (secondary N) is 1. The molecule has 9 heteroatoms. The first-order valence-corrected chi connectivity index (χ1v) is 12.3. The van der Waals surface area contributed by atoms with Gasteiger partial charge in [-0.2, -0.15) is 0 Å². The van der Waals surface area contributed by atoms with Crippen molar-refractivity contribution in [2.24, 2.45) is 0 Å². The summed E-state index contributed by atoms with van der Waals surface area (Å²) in [5.74, 6) is 0.364. The predicted molar refractivity (Wildman–Crippen MR) is 128 cm³/mol. The molecule has 176 valence electrons. The van der Waals surface area contributed by atoms with E-state index in [1.54, 1.807) is 6.07 Å². The Hall–Kier alpha value is -1.93. The molecule has 0 radical (unpaired) electrons. The van der Waals surface area contributed by atoms with Gasteiger partial charge in [0.25, 0.3) is 5.91 Å². The van der Waals surface area contributed by atoms with Crippen molar-refractivity contribution in [1.29, 1.82) is 0 Å². The van der Waals surface area contributed by atoms with Crippen molar-refractivity contribution < 1.29 is 14.3 Å². The minimum Gasteiger partial charge on any atom is -0.379 e. The van der Waals surface area contributed by atoms with Crippen LogP contribution in [0.3, 0.4) is 0 Å². The minimum atomic E-state index is -0.246. The highest BCUT2D eigenvalue weighted by Gasteiger charge is 2.39. The summed E-state index contributed by atoms with van der Waals surface area (Å²) in [6, 6.07) is 5.37. The zero-order valence-electron chi connectivity index (χ0n) is 18.7. The molecular formula is C24H28Cl2N4O3. The summed E-state index contributed by atoms with van der Waals surface area (Å²) in [7, 11) is 0. The quantitative estimate of drug-likeness (QED) is 0.682. The third-order valence-corrected chi connectivity index (χ3v) is 7.72. The van der Waals surface area contributed by atoms with Gasteiger partial charge in [-0.15, -0.1) is 0 Å². The lowest BCUT2D eigenvalue weighted by Crippen LogP contribution is -2.45. The van der Waals surface area contributed by atoms with Gasteiger partial charge >= 0.3 is 0 Å². The van der Waals surface area contributed by atoms with E-state index < -0.39 is 0 Å². The van der Waals surface area contributed by atoms with Crippen molar-refractivity contribution in [1.82, 2.24) is 15.3 Å². The number of carbonyl (C=O) groups is 1. The second kappa shape index (κ2) is 9.37. The van der Waals surface area contributed by atoms with Crippen LogP contribution < -0.4 is 10.2 Å². The van der Waals surface area contributed by atoms with Crippen molar-refractivity contribution in [3.05, 3.63) is 39.6 Å². The molecule has 0 saturated carbocycles. The average molecular weight is 491 g/mol. The number of aromatic nitrogens is 2. The summed E-state index contributed by atoms with van der Waals surface area (Å²) in [6.07, 6.45) is 4.86. The van der Waals surface area contributed by atoms with E-state index in [1.165, 1.54) is 0 Å². The first kappa shape index (κ1) is 22.8. The lowest BCUT2D eigenvalue weighted by molar-refractivity contribution is -0.0147. The van der Waals surface area contributed by atoms with Crippen LogP contribution in [-0.4, -0.2) is 60.4 Å². The molecule has 3 saturated heterocycles. The van der Waals surface area contributed by atoms with Crippen LogP contribution in [0.2, 0.25) is 10.0 Å². The molecule has 1 N–H and O–H groups in total. The van der Waals surface area contributed by atoms with E-state index in [2.05, 4.69) is 10.2 Å². The second-order valence-corrected chi connectivity index (χ2v) is 9.87. The molecule has 1 aromatic carbocycles. The molecule has 1 atom stereocenters. The van der Waals surface area contributed by atoms with Gasteiger partial charge in [-0.05, 0) is 45.1 Å². The molecule has 3 fully saturated rings. The molecule has 3 aliphatic rings. The third-order valence-electron chi connectivity index (χ3n) is 6.90. The Morgan fingerprint density at radius 1 is 1.18 bits per heavy atom. The number of ether oxygens (including phenoxy) is 2. The summed E-state index contributed by atoms with van der Waals surface area (Å²) in [6.45, 7) is 5.44. The molecule has 7 nitrogen and oxygen atoms in total. The largest absolute Gasteiger partial charge is 0.379 e. The molecule has 0 bridgehead atoms. The van der Waals surface area contributed by atoms with E-state index in [0.717, 1.165) is 51.8 Å². The number of halogens is 2. The predicted octanol–water partition coefficient (Wildman–Crippen LogP) is 4.43. The van der Waals surface area contributed by atoms with E-state index in [4.69, 9.17) is 42.6 Å². The third kappa shape index (κ3) is 4.56. The highest BCUT2D eigenvalue weighted by atomic mass is 35.5. The Labute approximate surface area is 203 Å². The summed E-state index contributed by atoms with van der Waals surface area (Å²) in [4.78, 5) is 25.2. The van der Waals surface area contributed by atoms with E-state index >= 15 is 0 Å². The van der Waals surface area contributed by atoms with Gasteiger partial charge in [0, 0.05) is 31.9 Å². The maximum absolute atomic E-state index is 13.4. The van der Waals surface area contributed by atoms with Gasteiger partial charge in [-0.25, -0.2) is 9.97 Å². The normalized spacial score (nSPS) is 22.2. The highest BCUT2D eigenvalue weighted by molar-refractivity contribution is 6.43. The molecule has 1 unspecified atom stereocenters. The number of anilines is 1. The Kier molecular flexibility index (Phi) is 6.49. The van der Waals surface area contributed by atoms with Crippen LogP contribution in [0.5, 0.6) is 0 Å². The minimum absolute atomic E-state index is 0.0170. The first-order chi connectivity index (χ1) is 16.0. The van der Waals surface area contributed by atoms with Gasteiger partial charge in [0.05, 0.1) is 39.7 Å². The molecule has 3 aliphatic heterocycles. The van der Waals surface area contributed by atoms with Crippen LogP contribution in [0.1, 0.15) is 48.3 Å². The van der Waals surface area contributed by atoms with Gasteiger partial charge in [0.15, 0.2) is 11.5 Å². The lowest BCUT2D eigenvalue weighted by Gasteiger charge is -2.39.